The summed E-state index contributed by atoms with van der Waals surface area (Å²) in [4.78, 5) is 14.3. The van der Waals surface area contributed by atoms with Gasteiger partial charge in [0.1, 0.15) is 0 Å². The van der Waals surface area contributed by atoms with Gasteiger partial charge in [-0.2, -0.15) is 0 Å². The van der Waals surface area contributed by atoms with Crippen LogP contribution in [0.15, 0.2) is 24.5 Å². The molecule has 0 unspecified atom stereocenters. The average Bonchev–Trinajstić information content (AvgIpc) is 2.04. The lowest BCUT2D eigenvalue weighted by molar-refractivity contribution is -0.137. The second-order valence-electron chi connectivity index (χ2n) is 2.88. The van der Waals surface area contributed by atoms with Crippen molar-refractivity contribution in [3.8, 4) is 0 Å². The number of carboxylic acids is 1. The predicted octanol–water partition coefficient (Wildman–Crippen LogP) is 2.20. The molecule has 0 spiro atoms. The molecule has 6 heteroatoms. The minimum Gasteiger partial charge on any atom is -0.481 e. The van der Waals surface area contributed by atoms with Gasteiger partial charge in [-0.25, -0.2) is 0 Å². The molecule has 0 aromatic carbocycles. The zero-order chi connectivity index (χ0) is 9.68. The van der Waals surface area contributed by atoms with Crippen LogP contribution in [-0.4, -0.2) is 22.1 Å². The lowest BCUT2D eigenvalue weighted by Gasteiger charge is -2.11. The van der Waals surface area contributed by atoms with Crippen LogP contribution in [0.25, 0.3) is 0 Å². The van der Waals surface area contributed by atoms with E-state index in [-0.39, 0.29) is 37.3 Å². The van der Waals surface area contributed by atoms with Crippen LogP contribution in [0.4, 0.5) is 5.69 Å². The Morgan fingerprint density at radius 1 is 1.60 bits per heavy atom. The van der Waals surface area contributed by atoms with Crippen molar-refractivity contribution in [3.63, 3.8) is 0 Å². The van der Waals surface area contributed by atoms with Crippen LogP contribution in [0.3, 0.4) is 0 Å². The molecule has 86 valence electrons. The Labute approximate surface area is 101 Å². The van der Waals surface area contributed by atoms with Crippen LogP contribution in [0.2, 0.25) is 0 Å². The smallest absolute Gasteiger partial charge is 0.305 e. The molecule has 1 heterocycles. The van der Waals surface area contributed by atoms with Crippen LogP contribution in [0.5, 0.6) is 0 Å². The molecule has 1 aromatic heterocycles. The first-order chi connectivity index (χ1) is 6.18. The van der Waals surface area contributed by atoms with Crippen molar-refractivity contribution in [2.24, 2.45) is 0 Å². The molecule has 0 fully saturated rings. The molecule has 0 amide bonds. The highest BCUT2D eigenvalue weighted by atomic mass is 35.5. The minimum atomic E-state index is -0.802. The Hall–Kier alpha value is -1.00. The van der Waals surface area contributed by atoms with Crippen molar-refractivity contribution >= 4 is 36.5 Å². The number of nitrogens with one attached hydrogen (secondary N) is 1. The molecule has 0 aliphatic heterocycles. The second-order valence-corrected chi connectivity index (χ2v) is 2.88. The summed E-state index contributed by atoms with van der Waals surface area (Å²) >= 11 is 0. The van der Waals surface area contributed by atoms with Gasteiger partial charge in [0, 0.05) is 18.4 Å². The van der Waals surface area contributed by atoms with E-state index >= 15 is 0 Å². The summed E-state index contributed by atoms with van der Waals surface area (Å²) in [6.07, 6.45) is 3.44. The molecule has 1 aromatic rings. The second kappa shape index (κ2) is 8.32. The molecule has 1 rings (SSSR count). The van der Waals surface area contributed by atoms with Crippen molar-refractivity contribution in [1.29, 1.82) is 0 Å². The zero-order valence-electron chi connectivity index (χ0n) is 8.21. The number of hydrogen-bond donors (Lipinski definition) is 2. The lowest BCUT2D eigenvalue weighted by Crippen LogP contribution is -2.19. The Kier molecular flexibility index (Phi) is 9.11. The molecular weight excluding hydrogens is 239 g/mol. The molecule has 1 atom stereocenters. The van der Waals surface area contributed by atoms with E-state index in [1.54, 1.807) is 18.5 Å². The van der Waals surface area contributed by atoms with Crippen molar-refractivity contribution < 1.29 is 9.90 Å². The van der Waals surface area contributed by atoms with E-state index in [1.165, 1.54) is 0 Å². The van der Waals surface area contributed by atoms with Gasteiger partial charge in [-0.05, 0) is 19.1 Å². The summed E-state index contributed by atoms with van der Waals surface area (Å²) < 4.78 is 0. The molecule has 4 nitrogen and oxygen atoms in total. The molecule has 0 saturated heterocycles. The van der Waals surface area contributed by atoms with E-state index in [2.05, 4.69) is 10.3 Å². The molecule has 0 aliphatic carbocycles. The van der Waals surface area contributed by atoms with Gasteiger partial charge in [-0.15, -0.1) is 24.8 Å². The van der Waals surface area contributed by atoms with E-state index < -0.39 is 5.97 Å². The van der Waals surface area contributed by atoms with Crippen LogP contribution >= 0.6 is 24.8 Å². The van der Waals surface area contributed by atoms with Gasteiger partial charge in [0.25, 0.3) is 0 Å². The fourth-order valence-electron chi connectivity index (χ4n) is 1.05. The van der Waals surface area contributed by atoms with Gasteiger partial charge in [0.2, 0.25) is 0 Å². The highest BCUT2D eigenvalue weighted by Crippen LogP contribution is 2.06. The van der Waals surface area contributed by atoms with E-state index in [1.807, 2.05) is 13.0 Å². The van der Waals surface area contributed by atoms with E-state index in [0.29, 0.717) is 0 Å². The quantitative estimate of drug-likeness (QED) is 0.863. The third-order valence-corrected chi connectivity index (χ3v) is 1.56. The normalized spacial score (nSPS) is 10.5. The van der Waals surface area contributed by atoms with Crippen LogP contribution in [-0.2, 0) is 4.79 Å². The van der Waals surface area contributed by atoms with E-state index in [0.717, 1.165) is 5.69 Å². The number of carboxylic acid groups (broad SMARTS) is 1. The summed E-state index contributed by atoms with van der Waals surface area (Å²) in [7, 11) is 0. The first kappa shape index (κ1) is 16.4. The molecule has 15 heavy (non-hydrogen) atoms. The first-order valence-electron chi connectivity index (χ1n) is 4.07. The summed E-state index contributed by atoms with van der Waals surface area (Å²) in [6.45, 7) is 1.82. The molecule has 2 N–H and O–H groups in total. The number of halogens is 2. The van der Waals surface area contributed by atoms with Crippen molar-refractivity contribution in [2.75, 3.05) is 5.32 Å². The Balaban J connectivity index is 0. The van der Waals surface area contributed by atoms with Gasteiger partial charge >= 0.3 is 5.97 Å². The van der Waals surface area contributed by atoms with Crippen LogP contribution in [0, 0.1) is 0 Å². The summed E-state index contributed by atoms with van der Waals surface area (Å²) in [5.74, 6) is -0.802. The number of aromatic nitrogens is 1. The number of aliphatic carboxylic acids is 1. The SMILES string of the molecule is C[C@H](CC(=O)O)Nc1cccnc1.Cl.Cl. The highest BCUT2D eigenvalue weighted by molar-refractivity contribution is 5.85. The van der Waals surface area contributed by atoms with Crippen LogP contribution in [0.1, 0.15) is 13.3 Å². The molecule has 0 saturated carbocycles. The third kappa shape index (κ3) is 6.99. The zero-order valence-corrected chi connectivity index (χ0v) is 9.85. The highest BCUT2D eigenvalue weighted by Gasteiger charge is 2.06. The minimum absolute atomic E-state index is 0. The number of nitrogens with zero attached hydrogens (tertiary/aromatic N) is 1. The van der Waals surface area contributed by atoms with Crippen LogP contribution < -0.4 is 5.32 Å². The molecular formula is C9H14Cl2N2O2. The summed E-state index contributed by atoms with van der Waals surface area (Å²) in [5.41, 5.74) is 0.844. The van der Waals surface area contributed by atoms with Gasteiger partial charge < -0.3 is 10.4 Å². The largest absolute Gasteiger partial charge is 0.481 e. The van der Waals surface area contributed by atoms with Crippen molar-refractivity contribution in [2.45, 2.75) is 19.4 Å². The van der Waals surface area contributed by atoms with E-state index in [9.17, 15) is 4.79 Å². The fraction of sp³-hybridized carbons (Fsp3) is 0.333. The summed E-state index contributed by atoms with van der Waals surface area (Å²) in [6, 6.07) is 3.57. The predicted molar refractivity (Wildman–Crippen MR) is 64.1 cm³/mol. The molecule has 0 bridgehead atoms. The number of rotatable bonds is 4. The van der Waals surface area contributed by atoms with E-state index in [4.69, 9.17) is 5.11 Å². The number of hydrogen-bond acceptors (Lipinski definition) is 3. The molecule has 0 aliphatic rings. The summed E-state index contributed by atoms with van der Waals surface area (Å²) in [5, 5.41) is 11.5. The number of pyridine rings is 1. The maximum atomic E-state index is 10.3. The number of anilines is 1. The van der Waals surface area contributed by atoms with Gasteiger partial charge in [0.05, 0.1) is 12.1 Å². The third-order valence-electron chi connectivity index (χ3n) is 1.56. The Bertz CT molecular complexity index is 283. The van der Waals surface area contributed by atoms with Gasteiger partial charge in [0.15, 0.2) is 0 Å². The maximum Gasteiger partial charge on any atom is 0.305 e. The fourth-order valence-corrected chi connectivity index (χ4v) is 1.05. The van der Waals surface area contributed by atoms with Crippen molar-refractivity contribution in [3.05, 3.63) is 24.5 Å². The average molecular weight is 253 g/mol. The van der Waals surface area contributed by atoms with Gasteiger partial charge in [-0.3, -0.25) is 9.78 Å². The standard InChI is InChI=1S/C9H12N2O2.2ClH/c1-7(5-9(12)13)11-8-3-2-4-10-6-8;;/h2-4,6-7,11H,5H2,1H3,(H,12,13);2*1H/t7-;;/m1../s1. The number of carbonyl (C=O) groups is 1. The topological polar surface area (TPSA) is 62.2 Å². The van der Waals surface area contributed by atoms with Crippen molar-refractivity contribution in [1.82, 2.24) is 4.98 Å². The monoisotopic (exact) mass is 252 g/mol. The first-order valence-corrected chi connectivity index (χ1v) is 4.07. The maximum absolute atomic E-state index is 10.3. The Morgan fingerprint density at radius 3 is 2.73 bits per heavy atom. The Morgan fingerprint density at radius 2 is 2.27 bits per heavy atom. The lowest BCUT2D eigenvalue weighted by atomic mass is 10.2. The van der Waals surface area contributed by atoms with Gasteiger partial charge in [-0.1, -0.05) is 0 Å². The molecule has 0 radical (unpaired) electrons.